The third kappa shape index (κ3) is 8.68. The Morgan fingerprint density at radius 2 is 0.826 bits per heavy atom. The second-order valence-electron chi connectivity index (χ2n) is 11.7. The lowest BCUT2D eigenvalue weighted by molar-refractivity contribution is 0.120. The van der Waals surface area contributed by atoms with Crippen molar-refractivity contribution in [3.63, 3.8) is 0 Å². The minimum atomic E-state index is -0.513. The lowest BCUT2D eigenvalue weighted by Crippen LogP contribution is -2.47. The van der Waals surface area contributed by atoms with Gasteiger partial charge in [0.2, 0.25) is 0 Å². The van der Waals surface area contributed by atoms with Crippen LogP contribution in [0.25, 0.3) is 22.3 Å². The number of rotatable bonds is 14. The van der Waals surface area contributed by atoms with Crippen molar-refractivity contribution < 1.29 is 27.0 Å². The second-order valence-corrected chi connectivity index (χ2v) is 11.7. The molecule has 46 heavy (non-hydrogen) atoms. The zero-order chi connectivity index (χ0) is 32.5. The number of piperazine rings is 1. The molecule has 1 aliphatic rings. The highest BCUT2D eigenvalue weighted by molar-refractivity contribution is 5.66. The van der Waals surface area contributed by atoms with Gasteiger partial charge in [-0.05, 0) is 96.5 Å². The monoisotopic (exact) mass is 634 g/mol. The van der Waals surface area contributed by atoms with E-state index in [9.17, 15) is 17.6 Å². The molecule has 0 spiro atoms. The largest absolute Gasteiger partial charge is 0.494 e. The van der Waals surface area contributed by atoms with Gasteiger partial charge in [0.25, 0.3) is 0 Å². The molecule has 0 saturated carbocycles. The molecule has 0 N–H and O–H groups in total. The highest BCUT2D eigenvalue weighted by Gasteiger charge is 2.16. The highest BCUT2D eigenvalue weighted by atomic mass is 19.1. The predicted octanol–water partition coefficient (Wildman–Crippen LogP) is 8.56. The van der Waals surface area contributed by atoms with Crippen molar-refractivity contribution in [1.82, 2.24) is 9.80 Å². The van der Waals surface area contributed by atoms with E-state index in [1.807, 2.05) is 48.5 Å². The Hall–Kier alpha value is -3.88. The maximum absolute atomic E-state index is 14.2. The van der Waals surface area contributed by atoms with Crippen LogP contribution in [0.1, 0.15) is 37.8 Å². The Morgan fingerprint density at radius 1 is 0.500 bits per heavy atom. The summed E-state index contributed by atoms with van der Waals surface area (Å²) in [6.07, 6.45) is 2.47. The van der Waals surface area contributed by atoms with E-state index in [2.05, 4.69) is 9.80 Å². The van der Waals surface area contributed by atoms with E-state index in [0.717, 1.165) is 74.7 Å². The van der Waals surface area contributed by atoms with Crippen molar-refractivity contribution in [3.05, 3.63) is 107 Å². The maximum atomic E-state index is 14.2. The smallest absolute Gasteiger partial charge is 0.129 e. The molecule has 0 atom stereocenters. The number of hydrogen-bond donors (Lipinski definition) is 0. The van der Waals surface area contributed by atoms with E-state index in [-0.39, 0.29) is 11.1 Å². The van der Waals surface area contributed by atoms with Crippen LogP contribution in [0, 0.1) is 23.3 Å². The fraction of sp³-hybridized carbons (Fsp3) is 0.368. The van der Waals surface area contributed by atoms with Crippen LogP contribution in [0.5, 0.6) is 11.5 Å². The minimum absolute atomic E-state index is 0.116. The van der Waals surface area contributed by atoms with Crippen molar-refractivity contribution in [2.45, 2.75) is 39.5 Å². The van der Waals surface area contributed by atoms with Gasteiger partial charge >= 0.3 is 0 Å². The van der Waals surface area contributed by atoms with Gasteiger partial charge in [0.1, 0.15) is 34.8 Å². The summed E-state index contributed by atoms with van der Waals surface area (Å²) in [5.74, 6) is -0.569. The normalized spacial score (nSPS) is 14.0. The van der Waals surface area contributed by atoms with Gasteiger partial charge in [0, 0.05) is 50.4 Å². The summed E-state index contributed by atoms with van der Waals surface area (Å²) >= 11 is 0. The molecule has 1 saturated heterocycles. The first kappa shape index (κ1) is 33.5. The van der Waals surface area contributed by atoms with E-state index >= 15 is 0 Å². The van der Waals surface area contributed by atoms with Gasteiger partial charge in [0.15, 0.2) is 0 Å². The van der Waals surface area contributed by atoms with Gasteiger partial charge in [-0.1, -0.05) is 38.1 Å². The van der Waals surface area contributed by atoms with Crippen LogP contribution in [0.15, 0.2) is 72.8 Å². The molecule has 244 valence electrons. The molecule has 1 aliphatic heterocycles. The predicted molar refractivity (Wildman–Crippen MR) is 175 cm³/mol. The first-order chi connectivity index (χ1) is 22.3. The third-order valence-electron chi connectivity index (χ3n) is 8.60. The molecule has 4 aromatic rings. The fourth-order valence-corrected chi connectivity index (χ4v) is 5.89. The number of hydrogen-bond acceptors (Lipinski definition) is 4. The molecule has 4 nitrogen and oxygen atoms in total. The van der Waals surface area contributed by atoms with E-state index in [1.165, 1.54) is 24.3 Å². The third-order valence-corrected chi connectivity index (χ3v) is 8.60. The molecule has 1 heterocycles. The second kappa shape index (κ2) is 16.1. The fourth-order valence-electron chi connectivity index (χ4n) is 5.89. The maximum Gasteiger partial charge on any atom is 0.129 e. The van der Waals surface area contributed by atoms with Crippen molar-refractivity contribution in [1.29, 1.82) is 0 Å². The highest BCUT2D eigenvalue weighted by Crippen LogP contribution is 2.28. The molecule has 0 radical (unpaired) electrons. The van der Waals surface area contributed by atoms with Gasteiger partial charge in [-0.2, -0.15) is 0 Å². The summed E-state index contributed by atoms with van der Waals surface area (Å²) in [5.41, 5.74) is 2.76. The number of benzene rings is 4. The van der Waals surface area contributed by atoms with Crippen LogP contribution in [-0.4, -0.2) is 62.3 Å². The quantitative estimate of drug-likeness (QED) is 0.103. The molecule has 0 aromatic heterocycles. The van der Waals surface area contributed by atoms with Crippen LogP contribution < -0.4 is 9.47 Å². The van der Waals surface area contributed by atoms with Gasteiger partial charge in [-0.25, -0.2) is 17.6 Å². The molecule has 0 unspecified atom stereocenters. The van der Waals surface area contributed by atoms with Gasteiger partial charge < -0.3 is 19.3 Å². The lowest BCUT2D eigenvalue weighted by atomic mass is 10.0. The van der Waals surface area contributed by atoms with Gasteiger partial charge in [0.05, 0.1) is 13.2 Å². The average molecular weight is 635 g/mol. The molecule has 8 heteroatoms. The van der Waals surface area contributed by atoms with Gasteiger partial charge in [-0.15, -0.1) is 0 Å². The Morgan fingerprint density at radius 3 is 1.13 bits per heavy atom. The van der Waals surface area contributed by atoms with Crippen molar-refractivity contribution in [2.24, 2.45) is 0 Å². The molecule has 4 aromatic carbocycles. The molecule has 5 rings (SSSR count). The zero-order valence-corrected chi connectivity index (χ0v) is 26.6. The zero-order valence-electron chi connectivity index (χ0n) is 26.6. The minimum Gasteiger partial charge on any atom is -0.494 e. The molecular formula is C38H42F4N2O2. The molecular weight excluding hydrogens is 592 g/mol. The Bertz CT molecular complexity index is 1400. The first-order valence-electron chi connectivity index (χ1n) is 16.2. The van der Waals surface area contributed by atoms with Crippen LogP contribution in [0.4, 0.5) is 17.6 Å². The average Bonchev–Trinajstić information content (AvgIpc) is 3.06. The Labute approximate surface area is 269 Å². The summed E-state index contributed by atoms with van der Waals surface area (Å²) in [7, 11) is 0. The number of ether oxygens (including phenoxy) is 2. The molecule has 0 aliphatic carbocycles. The standard InChI is InChI=1S/C38H42F4N2O2/c1-3-33-35(39)23-29(24-36(33)40)27-7-11-31(12-8-27)45-21-5-15-43-17-19-44(20-18-43)16-6-22-46-32-13-9-28(10-14-32)30-25-37(41)34(4-2)38(42)26-30/h7-14,23-26H,3-6,15-22H2,1-2H3. The topological polar surface area (TPSA) is 24.9 Å². The van der Waals surface area contributed by atoms with E-state index in [4.69, 9.17) is 9.47 Å². The lowest BCUT2D eigenvalue weighted by Gasteiger charge is -2.34. The number of nitrogens with zero attached hydrogens (tertiary/aromatic N) is 2. The van der Waals surface area contributed by atoms with Crippen molar-refractivity contribution >= 4 is 0 Å². The van der Waals surface area contributed by atoms with E-state index < -0.39 is 23.3 Å². The van der Waals surface area contributed by atoms with E-state index in [0.29, 0.717) is 37.2 Å². The summed E-state index contributed by atoms with van der Waals surface area (Å²) in [6, 6.07) is 20.2. The number of halogens is 4. The van der Waals surface area contributed by atoms with Crippen molar-refractivity contribution in [3.8, 4) is 33.8 Å². The molecule has 0 amide bonds. The first-order valence-corrected chi connectivity index (χ1v) is 16.2. The Balaban J connectivity index is 0.950. The van der Waals surface area contributed by atoms with Crippen LogP contribution >= 0.6 is 0 Å². The van der Waals surface area contributed by atoms with Gasteiger partial charge in [-0.3, -0.25) is 0 Å². The summed E-state index contributed by atoms with van der Waals surface area (Å²) < 4.78 is 68.5. The Kier molecular flexibility index (Phi) is 11.7. The summed E-state index contributed by atoms with van der Waals surface area (Å²) in [4.78, 5) is 4.91. The van der Waals surface area contributed by atoms with Crippen molar-refractivity contribution in [2.75, 3.05) is 52.5 Å². The SMILES string of the molecule is CCc1c(F)cc(-c2ccc(OCCCN3CCN(CCCOc4ccc(-c5cc(F)c(CC)c(F)c5)cc4)CC3)cc2)cc1F. The summed E-state index contributed by atoms with van der Waals surface area (Å²) in [6.45, 7) is 10.7. The van der Waals surface area contributed by atoms with Crippen LogP contribution in [0.3, 0.4) is 0 Å². The molecule has 0 bridgehead atoms. The molecule has 1 fully saturated rings. The van der Waals surface area contributed by atoms with Crippen LogP contribution in [0.2, 0.25) is 0 Å². The summed E-state index contributed by atoms with van der Waals surface area (Å²) in [5, 5.41) is 0. The van der Waals surface area contributed by atoms with Crippen LogP contribution in [-0.2, 0) is 12.8 Å². The van der Waals surface area contributed by atoms with E-state index in [1.54, 1.807) is 13.8 Å².